The molecule has 1 aromatic heterocycles. The minimum absolute atomic E-state index is 0.0738. The van der Waals surface area contributed by atoms with Crippen molar-refractivity contribution in [3.8, 4) is 0 Å². The zero-order valence-corrected chi connectivity index (χ0v) is 24.6. The summed E-state index contributed by atoms with van der Waals surface area (Å²) in [5.74, 6) is 0.0738. The van der Waals surface area contributed by atoms with Gasteiger partial charge >= 0.3 is 0 Å². The smallest absolute Gasteiger partial charge is 0.195 e. The molecule has 0 radical (unpaired) electrons. The van der Waals surface area contributed by atoms with Gasteiger partial charge in [-0.25, -0.2) is 0 Å². The van der Waals surface area contributed by atoms with Crippen molar-refractivity contribution in [2.24, 2.45) is 0 Å². The average molecular weight is 558 g/mol. The van der Waals surface area contributed by atoms with Crippen LogP contribution in [0.5, 0.6) is 0 Å². The van der Waals surface area contributed by atoms with Gasteiger partial charge in [-0.1, -0.05) is 141 Å². The average Bonchev–Trinajstić information content (AvgIpc) is 3.55. The van der Waals surface area contributed by atoms with Crippen molar-refractivity contribution in [1.29, 1.82) is 0 Å². The van der Waals surface area contributed by atoms with Crippen molar-refractivity contribution in [2.75, 3.05) is 0 Å². The first kappa shape index (κ1) is 26.9. The Bertz CT molecular complexity index is 1990. The van der Waals surface area contributed by atoms with E-state index >= 15 is 0 Å². The predicted molar refractivity (Wildman–Crippen MR) is 182 cm³/mol. The van der Waals surface area contributed by atoms with Gasteiger partial charge in [0.25, 0.3) is 0 Å². The van der Waals surface area contributed by atoms with Crippen molar-refractivity contribution >= 4 is 49.9 Å². The first-order valence-corrected chi connectivity index (χ1v) is 15.5. The molecule has 0 unspecified atom stereocenters. The maximum Gasteiger partial charge on any atom is 0.195 e. The van der Waals surface area contributed by atoms with Gasteiger partial charge in [0.05, 0.1) is 0 Å². The van der Waals surface area contributed by atoms with Crippen LogP contribution in [0.1, 0.15) is 54.9 Å². The maximum absolute atomic E-state index is 14.6. The predicted octanol–water partition coefficient (Wildman–Crippen LogP) is 10.5. The van der Waals surface area contributed by atoms with Gasteiger partial charge in [0.1, 0.15) is 0 Å². The molecule has 7 rings (SSSR count). The lowest BCUT2D eigenvalue weighted by Gasteiger charge is -2.14. The molecule has 1 heterocycles. The number of hydrogen-bond acceptors (Lipinski definition) is 1. The van der Waals surface area contributed by atoms with Crippen LogP contribution in [0.25, 0.3) is 44.1 Å². The van der Waals surface area contributed by atoms with Crippen LogP contribution < -0.4 is 0 Å². The second-order valence-electron chi connectivity index (χ2n) is 11.4. The molecule has 0 N–H and O–H groups in total. The molecule has 0 fully saturated rings. The van der Waals surface area contributed by atoms with Crippen LogP contribution in [0.15, 0.2) is 133 Å². The largest absolute Gasteiger partial charge is 0.340 e. The molecule has 0 bridgehead atoms. The number of carbonyl (C=O) groups excluding carboxylic acids is 1. The molecule has 0 spiro atoms. The third kappa shape index (κ3) is 4.83. The molecule has 6 aromatic rings. The van der Waals surface area contributed by atoms with Gasteiger partial charge in [-0.3, -0.25) is 4.79 Å². The molecule has 0 saturated heterocycles. The number of aromatic nitrogens is 1. The van der Waals surface area contributed by atoms with Crippen molar-refractivity contribution in [3.05, 3.63) is 156 Å². The van der Waals surface area contributed by atoms with Crippen LogP contribution >= 0.6 is 0 Å². The summed E-state index contributed by atoms with van der Waals surface area (Å²) >= 11 is 0. The summed E-state index contributed by atoms with van der Waals surface area (Å²) in [5.41, 5.74) is 10.1. The van der Waals surface area contributed by atoms with E-state index in [0.717, 1.165) is 51.1 Å². The summed E-state index contributed by atoms with van der Waals surface area (Å²) in [6.45, 7) is 3.27. The zero-order valence-electron chi connectivity index (χ0n) is 24.6. The van der Waals surface area contributed by atoms with E-state index in [9.17, 15) is 4.79 Å². The first-order valence-electron chi connectivity index (χ1n) is 15.5. The Kier molecular flexibility index (Phi) is 7.35. The number of ketones is 1. The van der Waals surface area contributed by atoms with E-state index < -0.39 is 0 Å². The topological polar surface area (TPSA) is 22.0 Å². The number of fused-ring (bicyclic) bond motifs is 3. The Labute approximate surface area is 253 Å². The summed E-state index contributed by atoms with van der Waals surface area (Å²) in [5, 5.41) is 2.49. The van der Waals surface area contributed by atoms with Crippen LogP contribution in [-0.4, -0.2) is 10.4 Å². The van der Waals surface area contributed by atoms with Crippen molar-refractivity contribution < 1.29 is 4.79 Å². The normalized spacial score (nSPS) is 13.6. The van der Waals surface area contributed by atoms with Crippen LogP contribution in [-0.2, 0) is 11.3 Å². The quantitative estimate of drug-likeness (QED) is 0.162. The van der Waals surface area contributed by atoms with E-state index in [1.165, 1.54) is 47.5 Å². The number of para-hydroxylation sites is 1. The lowest BCUT2D eigenvalue weighted by molar-refractivity contribution is -0.108. The Balaban J connectivity index is 1.50. The summed E-state index contributed by atoms with van der Waals surface area (Å²) in [6.07, 6.45) is 4.91. The summed E-state index contributed by atoms with van der Waals surface area (Å²) in [6, 6.07) is 46.3. The fourth-order valence-corrected chi connectivity index (χ4v) is 6.69. The third-order valence-electron chi connectivity index (χ3n) is 8.69. The van der Waals surface area contributed by atoms with E-state index in [1.807, 2.05) is 42.5 Å². The lowest BCUT2D eigenvalue weighted by Crippen LogP contribution is -2.01. The van der Waals surface area contributed by atoms with Crippen molar-refractivity contribution in [2.45, 2.75) is 39.2 Å². The minimum atomic E-state index is 0.0738. The molecule has 2 heteroatoms. The van der Waals surface area contributed by atoms with Crippen LogP contribution in [0.3, 0.4) is 0 Å². The molecule has 0 saturated carbocycles. The van der Waals surface area contributed by atoms with Gasteiger partial charge in [-0.05, 0) is 46.9 Å². The van der Waals surface area contributed by atoms with Crippen molar-refractivity contribution in [1.82, 2.24) is 4.57 Å². The highest BCUT2D eigenvalue weighted by molar-refractivity contribution is 6.59. The Morgan fingerprint density at radius 2 is 0.977 bits per heavy atom. The summed E-state index contributed by atoms with van der Waals surface area (Å²) < 4.78 is 2.49. The third-order valence-corrected chi connectivity index (χ3v) is 8.69. The van der Waals surface area contributed by atoms with Gasteiger partial charge in [-0.15, -0.1) is 0 Å². The van der Waals surface area contributed by atoms with Gasteiger partial charge < -0.3 is 4.57 Å². The lowest BCUT2D eigenvalue weighted by atomic mass is 9.88. The monoisotopic (exact) mass is 557 g/mol. The zero-order chi connectivity index (χ0) is 29.2. The van der Waals surface area contributed by atoms with E-state index in [1.54, 1.807) is 0 Å². The van der Waals surface area contributed by atoms with Crippen LogP contribution in [0.2, 0.25) is 0 Å². The number of unbranched alkanes of at least 4 members (excludes halogenated alkanes) is 3. The molecule has 0 aliphatic heterocycles. The van der Waals surface area contributed by atoms with E-state index in [2.05, 4.69) is 102 Å². The van der Waals surface area contributed by atoms with Crippen LogP contribution in [0.4, 0.5) is 0 Å². The molecule has 1 aliphatic carbocycles. The van der Waals surface area contributed by atoms with Gasteiger partial charge in [0.15, 0.2) is 5.78 Å². The Morgan fingerprint density at radius 1 is 0.465 bits per heavy atom. The van der Waals surface area contributed by atoms with Gasteiger partial charge in [0.2, 0.25) is 0 Å². The SMILES string of the molecule is CCCCCCn1c2ccccc2c2cc(C3=C(c4ccccc4)C(=O)C(c4ccccc4)=C3c3ccccc3)ccc21. The highest BCUT2D eigenvalue weighted by Gasteiger charge is 2.35. The molecule has 0 atom stereocenters. The molecule has 5 aromatic carbocycles. The number of carbonyl (C=O) groups is 1. The number of benzene rings is 5. The Hall–Kier alpha value is -4.95. The standard InChI is InChI=1S/C41H35NO/c1-2-3-4-16-27-42-35-24-15-14-23-33(35)34-28-32(25-26-36(34)42)38-37(29-17-8-5-9-18-29)39(30-19-10-6-11-20-30)41(43)40(38)31-21-12-7-13-22-31/h5-15,17-26,28H,2-4,16,27H2,1H3. The highest BCUT2D eigenvalue weighted by atomic mass is 16.1. The first-order chi connectivity index (χ1) is 21.3. The molecule has 43 heavy (non-hydrogen) atoms. The molecule has 2 nitrogen and oxygen atoms in total. The minimum Gasteiger partial charge on any atom is -0.340 e. The number of Topliss-reactive ketones (excluding diaryl/α,β-unsaturated/α-hetero) is 1. The molecular weight excluding hydrogens is 522 g/mol. The van der Waals surface area contributed by atoms with Gasteiger partial charge in [0, 0.05) is 50.6 Å². The maximum atomic E-state index is 14.6. The summed E-state index contributed by atoms with van der Waals surface area (Å²) in [7, 11) is 0. The molecule has 210 valence electrons. The second kappa shape index (κ2) is 11.7. The number of allylic oxidation sites excluding steroid dienone is 4. The van der Waals surface area contributed by atoms with Crippen molar-refractivity contribution in [3.63, 3.8) is 0 Å². The fraction of sp³-hybridized carbons (Fsp3) is 0.146. The fourth-order valence-electron chi connectivity index (χ4n) is 6.69. The number of hydrogen-bond donors (Lipinski definition) is 0. The molecular formula is C41H35NO. The van der Waals surface area contributed by atoms with Gasteiger partial charge in [-0.2, -0.15) is 0 Å². The number of nitrogens with zero attached hydrogens (tertiary/aromatic N) is 1. The molecule has 0 amide bonds. The highest BCUT2D eigenvalue weighted by Crippen LogP contribution is 2.50. The summed E-state index contributed by atoms with van der Waals surface area (Å²) in [4.78, 5) is 14.6. The van der Waals surface area contributed by atoms with E-state index in [-0.39, 0.29) is 5.78 Å². The van der Waals surface area contributed by atoms with E-state index in [4.69, 9.17) is 0 Å². The second-order valence-corrected chi connectivity index (χ2v) is 11.4. The number of rotatable bonds is 9. The number of aryl methyl sites for hydroxylation is 1. The van der Waals surface area contributed by atoms with Crippen LogP contribution in [0, 0.1) is 0 Å². The Morgan fingerprint density at radius 3 is 1.58 bits per heavy atom. The van der Waals surface area contributed by atoms with E-state index in [0.29, 0.717) is 0 Å². The molecule has 1 aliphatic rings.